The van der Waals surface area contributed by atoms with Crippen LogP contribution in [-0.2, 0) is 0 Å². The molecule has 0 atom stereocenters. The monoisotopic (exact) mass is 233 g/mol. The molecule has 0 saturated carbocycles. The lowest BCUT2D eigenvalue weighted by Crippen LogP contribution is -2.02. The molecule has 0 bridgehead atoms. The number of anilines is 1. The van der Waals surface area contributed by atoms with E-state index in [9.17, 15) is 0 Å². The van der Waals surface area contributed by atoms with Gasteiger partial charge in [-0.05, 0) is 37.8 Å². The molecule has 0 saturated heterocycles. The molecule has 0 spiro atoms. The summed E-state index contributed by atoms with van der Waals surface area (Å²) in [6, 6.07) is 2.09. The molecule has 2 aromatic rings. The van der Waals surface area contributed by atoms with Crippen molar-refractivity contribution in [3.63, 3.8) is 0 Å². The topological polar surface area (TPSA) is 37.8 Å². The van der Waals surface area contributed by atoms with E-state index in [0.717, 1.165) is 27.8 Å². The summed E-state index contributed by atoms with van der Waals surface area (Å²) in [5, 5.41) is 5.18. The van der Waals surface area contributed by atoms with Crippen LogP contribution in [0.25, 0.3) is 10.7 Å². The van der Waals surface area contributed by atoms with E-state index in [1.807, 2.05) is 20.9 Å². The van der Waals surface area contributed by atoms with Crippen LogP contribution in [0.3, 0.4) is 0 Å². The quantitative estimate of drug-likeness (QED) is 0.865. The molecule has 0 aliphatic heterocycles. The molecule has 0 fully saturated rings. The largest absolute Gasteiger partial charge is 0.373 e. The summed E-state index contributed by atoms with van der Waals surface area (Å²) in [6.07, 6.45) is 0. The highest BCUT2D eigenvalue weighted by Gasteiger charge is 2.11. The van der Waals surface area contributed by atoms with Gasteiger partial charge in [0.05, 0.1) is 4.88 Å². The smallest absolute Gasteiger partial charge is 0.172 e. The lowest BCUT2D eigenvalue weighted by molar-refractivity contribution is 1.07. The highest BCUT2D eigenvalue weighted by Crippen LogP contribution is 2.28. The first kappa shape index (κ1) is 11.1. The van der Waals surface area contributed by atoms with Crippen molar-refractivity contribution in [2.75, 3.05) is 12.4 Å². The molecular weight excluding hydrogens is 218 g/mol. The summed E-state index contributed by atoms with van der Waals surface area (Å²) in [4.78, 5) is 10.2. The van der Waals surface area contributed by atoms with E-state index >= 15 is 0 Å². The molecule has 0 aromatic carbocycles. The van der Waals surface area contributed by atoms with Gasteiger partial charge in [0.1, 0.15) is 5.82 Å². The molecule has 1 N–H and O–H groups in total. The van der Waals surface area contributed by atoms with Gasteiger partial charge in [-0.15, -0.1) is 11.3 Å². The molecule has 4 heteroatoms. The van der Waals surface area contributed by atoms with Crippen molar-refractivity contribution in [1.82, 2.24) is 9.97 Å². The van der Waals surface area contributed by atoms with Crippen LogP contribution in [0.4, 0.5) is 5.82 Å². The fourth-order valence-corrected chi connectivity index (χ4v) is 2.43. The maximum Gasteiger partial charge on any atom is 0.172 e. The Labute approximate surface area is 99.6 Å². The molecule has 84 valence electrons. The van der Waals surface area contributed by atoms with E-state index in [-0.39, 0.29) is 0 Å². The second-order valence-electron chi connectivity index (χ2n) is 3.79. The molecule has 0 aliphatic carbocycles. The molecule has 2 aromatic heterocycles. The number of hydrogen-bond acceptors (Lipinski definition) is 4. The zero-order chi connectivity index (χ0) is 11.7. The number of nitrogens with one attached hydrogen (secondary N) is 1. The fourth-order valence-electron chi connectivity index (χ4n) is 1.58. The predicted octanol–water partition coefficient (Wildman–Crippen LogP) is 3.17. The molecule has 0 radical (unpaired) electrons. The van der Waals surface area contributed by atoms with Crippen LogP contribution in [0.5, 0.6) is 0 Å². The van der Waals surface area contributed by atoms with Gasteiger partial charge >= 0.3 is 0 Å². The van der Waals surface area contributed by atoms with Gasteiger partial charge in [0.25, 0.3) is 0 Å². The Balaban J connectivity index is 2.59. The van der Waals surface area contributed by atoms with E-state index in [2.05, 4.69) is 33.7 Å². The Morgan fingerprint density at radius 2 is 1.94 bits per heavy atom. The number of aryl methyl sites for hydroxylation is 2. The summed E-state index contributed by atoms with van der Waals surface area (Å²) >= 11 is 1.68. The molecule has 0 amide bonds. The Hall–Kier alpha value is -1.42. The van der Waals surface area contributed by atoms with Crippen LogP contribution >= 0.6 is 11.3 Å². The first-order valence-corrected chi connectivity index (χ1v) is 6.09. The Kier molecular flexibility index (Phi) is 2.92. The maximum absolute atomic E-state index is 4.54. The van der Waals surface area contributed by atoms with Gasteiger partial charge in [-0.1, -0.05) is 0 Å². The van der Waals surface area contributed by atoms with Gasteiger partial charge < -0.3 is 5.32 Å². The van der Waals surface area contributed by atoms with Gasteiger partial charge in [0.2, 0.25) is 0 Å². The van der Waals surface area contributed by atoms with E-state index in [1.165, 1.54) is 5.56 Å². The molecule has 3 nitrogen and oxygen atoms in total. The third kappa shape index (κ3) is 1.80. The first-order chi connectivity index (χ1) is 7.63. The van der Waals surface area contributed by atoms with Gasteiger partial charge in [-0.2, -0.15) is 0 Å². The Morgan fingerprint density at radius 1 is 1.19 bits per heavy atom. The second kappa shape index (κ2) is 4.22. The van der Waals surface area contributed by atoms with Crippen LogP contribution in [0.2, 0.25) is 0 Å². The molecule has 2 rings (SSSR count). The lowest BCUT2D eigenvalue weighted by Gasteiger charge is -2.09. The van der Waals surface area contributed by atoms with Gasteiger partial charge in [-0.25, -0.2) is 9.97 Å². The predicted molar refractivity (Wildman–Crippen MR) is 69.1 cm³/mol. The number of hydrogen-bond donors (Lipinski definition) is 1. The lowest BCUT2D eigenvalue weighted by atomic mass is 10.2. The minimum atomic E-state index is 0.819. The normalized spacial score (nSPS) is 10.5. The van der Waals surface area contributed by atoms with E-state index in [1.54, 1.807) is 11.3 Å². The van der Waals surface area contributed by atoms with Crippen molar-refractivity contribution in [3.05, 3.63) is 28.3 Å². The van der Waals surface area contributed by atoms with Crippen molar-refractivity contribution >= 4 is 17.2 Å². The molecule has 0 aliphatic rings. The number of aromatic nitrogens is 2. The van der Waals surface area contributed by atoms with Crippen LogP contribution in [0.15, 0.2) is 11.4 Å². The summed E-state index contributed by atoms with van der Waals surface area (Å²) in [5.74, 6) is 1.73. The summed E-state index contributed by atoms with van der Waals surface area (Å²) in [5.41, 5.74) is 3.37. The van der Waals surface area contributed by atoms with Gasteiger partial charge in [-0.3, -0.25) is 0 Å². The van der Waals surface area contributed by atoms with E-state index in [4.69, 9.17) is 0 Å². The van der Waals surface area contributed by atoms with Crippen LogP contribution < -0.4 is 5.32 Å². The SMILES string of the molecule is CNc1nc(-c2sccc2C)nc(C)c1C. The van der Waals surface area contributed by atoms with E-state index < -0.39 is 0 Å². The van der Waals surface area contributed by atoms with Crippen molar-refractivity contribution in [2.45, 2.75) is 20.8 Å². The third-order valence-electron chi connectivity index (χ3n) is 2.69. The maximum atomic E-state index is 4.54. The molecule has 16 heavy (non-hydrogen) atoms. The van der Waals surface area contributed by atoms with Gasteiger partial charge in [0.15, 0.2) is 5.82 Å². The second-order valence-corrected chi connectivity index (χ2v) is 4.71. The van der Waals surface area contributed by atoms with E-state index in [0.29, 0.717) is 0 Å². The average Bonchev–Trinajstić information content (AvgIpc) is 2.68. The first-order valence-electron chi connectivity index (χ1n) is 5.21. The zero-order valence-corrected chi connectivity index (χ0v) is 10.8. The highest BCUT2D eigenvalue weighted by molar-refractivity contribution is 7.13. The third-order valence-corrected chi connectivity index (χ3v) is 3.70. The number of rotatable bonds is 2. The van der Waals surface area contributed by atoms with Crippen molar-refractivity contribution in [2.24, 2.45) is 0 Å². The standard InChI is InChI=1S/C12H15N3S/c1-7-5-6-16-10(7)12-14-9(3)8(2)11(13-4)15-12/h5-6H,1-4H3,(H,13,14,15). The summed E-state index contributed by atoms with van der Waals surface area (Å²) in [7, 11) is 1.89. The fraction of sp³-hybridized carbons (Fsp3) is 0.333. The number of thiophene rings is 1. The summed E-state index contributed by atoms with van der Waals surface area (Å²) in [6.45, 7) is 6.14. The zero-order valence-electron chi connectivity index (χ0n) is 9.96. The molecular formula is C12H15N3S. The van der Waals surface area contributed by atoms with Crippen molar-refractivity contribution in [1.29, 1.82) is 0 Å². The van der Waals surface area contributed by atoms with Crippen molar-refractivity contribution in [3.8, 4) is 10.7 Å². The highest BCUT2D eigenvalue weighted by atomic mass is 32.1. The van der Waals surface area contributed by atoms with Crippen LogP contribution in [-0.4, -0.2) is 17.0 Å². The summed E-state index contributed by atoms with van der Waals surface area (Å²) < 4.78 is 0. The van der Waals surface area contributed by atoms with Crippen LogP contribution in [0.1, 0.15) is 16.8 Å². The molecule has 2 heterocycles. The molecule has 0 unspecified atom stereocenters. The average molecular weight is 233 g/mol. The minimum Gasteiger partial charge on any atom is -0.373 e. The van der Waals surface area contributed by atoms with Crippen molar-refractivity contribution < 1.29 is 0 Å². The minimum absolute atomic E-state index is 0.819. The Morgan fingerprint density at radius 3 is 2.50 bits per heavy atom. The van der Waals surface area contributed by atoms with Crippen LogP contribution in [0, 0.1) is 20.8 Å². The van der Waals surface area contributed by atoms with Gasteiger partial charge in [0, 0.05) is 18.3 Å². The Bertz CT molecular complexity index is 517. The number of nitrogens with zero attached hydrogens (tertiary/aromatic N) is 2.